The van der Waals surface area contributed by atoms with Gasteiger partial charge in [-0.25, -0.2) is 13.1 Å². The van der Waals surface area contributed by atoms with Crippen LogP contribution >= 0.6 is 15.9 Å². The van der Waals surface area contributed by atoms with Crippen molar-refractivity contribution >= 4 is 26.0 Å². The van der Waals surface area contributed by atoms with E-state index in [9.17, 15) is 8.42 Å². The third-order valence-corrected chi connectivity index (χ3v) is 5.49. The van der Waals surface area contributed by atoms with Gasteiger partial charge in [0.15, 0.2) is 0 Å². The number of sulfonamides is 1. The van der Waals surface area contributed by atoms with Crippen molar-refractivity contribution in [1.29, 1.82) is 0 Å². The van der Waals surface area contributed by atoms with Crippen molar-refractivity contribution in [2.45, 2.75) is 11.4 Å². The highest BCUT2D eigenvalue weighted by Crippen LogP contribution is 2.17. The number of hydrogen-bond acceptors (Lipinski definition) is 3. The second kappa shape index (κ2) is 7.87. The summed E-state index contributed by atoms with van der Waals surface area (Å²) >= 11 is 3.52. The lowest BCUT2D eigenvalue weighted by molar-refractivity contribution is 0.331. The molecule has 2 aromatic rings. The molecule has 0 aliphatic carbocycles. The molecule has 2 rings (SSSR count). The molecular weight excluding hydrogens is 364 g/mol. The molecule has 6 heteroatoms. The van der Waals surface area contributed by atoms with Gasteiger partial charge in [0.1, 0.15) is 0 Å². The Hall–Kier alpha value is -1.21. The average Bonchev–Trinajstić information content (AvgIpc) is 2.50. The number of nitrogens with one attached hydrogen (secondary N) is 1. The van der Waals surface area contributed by atoms with Gasteiger partial charge in [-0.2, -0.15) is 0 Å². The van der Waals surface area contributed by atoms with E-state index in [1.165, 1.54) is 5.56 Å². The molecule has 1 N–H and O–H groups in total. The average molecular weight is 383 g/mol. The molecular formula is C16H19BrN2O2S. The minimum Gasteiger partial charge on any atom is -0.301 e. The monoisotopic (exact) mass is 382 g/mol. The SMILES string of the molecule is CN(CCNS(=O)(=O)c1ccccc1)Cc1ccccc1Br. The molecule has 0 heterocycles. The van der Waals surface area contributed by atoms with Crippen LogP contribution in [0.25, 0.3) is 0 Å². The highest BCUT2D eigenvalue weighted by atomic mass is 79.9. The Morgan fingerprint density at radius 1 is 1.05 bits per heavy atom. The Bertz CT molecular complexity index is 705. The van der Waals surface area contributed by atoms with Crippen molar-refractivity contribution in [3.63, 3.8) is 0 Å². The zero-order valence-electron chi connectivity index (χ0n) is 12.4. The van der Waals surface area contributed by atoms with Gasteiger partial charge < -0.3 is 4.90 Å². The van der Waals surface area contributed by atoms with Gasteiger partial charge in [0.05, 0.1) is 4.90 Å². The van der Waals surface area contributed by atoms with Crippen LogP contribution in [-0.2, 0) is 16.6 Å². The van der Waals surface area contributed by atoms with E-state index in [-0.39, 0.29) is 0 Å². The lowest BCUT2D eigenvalue weighted by atomic mass is 10.2. The van der Waals surface area contributed by atoms with Gasteiger partial charge in [0.2, 0.25) is 10.0 Å². The first-order chi connectivity index (χ1) is 10.5. The fourth-order valence-electron chi connectivity index (χ4n) is 2.05. The van der Waals surface area contributed by atoms with Crippen LogP contribution in [0.4, 0.5) is 0 Å². The number of halogens is 1. The molecule has 0 bridgehead atoms. The molecule has 0 saturated carbocycles. The highest BCUT2D eigenvalue weighted by Gasteiger charge is 2.12. The van der Waals surface area contributed by atoms with Crippen LogP contribution in [0.1, 0.15) is 5.56 Å². The molecule has 0 amide bonds. The van der Waals surface area contributed by atoms with Crippen molar-refractivity contribution in [1.82, 2.24) is 9.62 Å². The summed E-state index contributed by atoms with van der Waals surface area (Å²) in [4.78, 5) is 2.37. The first kappa shape index (κ1) is 17.1. The Morgan fingerprint density at radius 3 is 2.36 bits per heavy atom. The van der Waals surface area contributed by atoms with Gasteiger partial charge in [-0.3, -0.25) is 0 Å². The minimum absolute atomic E-state index is 0.295. The van der Waals surface area contributed by atoms with Crippen LogP contribution in [-0.4, -0.2) is 33.5 Å². The first-order valence-electron chi connectivity index (χ1n) is 6.96. The topological polar surface area (TPSA) is 49.4 Å². The van der Waals surface area contributed by atoms with Crippen molar-refractivity contribution in [3.8, 4) is 0 Å². The Morgan fingerprint density at radius 2 is 1.68 bits per heavy atom. The van der Waals surface area contributed by atoms with Crippen LogP contribution in [0.5, 0.6) is 0 Å². The van der Waals surface area contributed by atoms with E-state index in [1.54, 1.807) is 30.3 Å². The van der Waals surface area contributed by atoms with Crippen LogP contribution in [0.3, 0.4) is 0 Å². The van der Waals surface area contributed by atoms with E-state index in [1.807, 2.05) is 25.2 Å². The summed E-state index contributed by atoms with van der Waals surface area (Å²) < 4.78 is 27.9. The maximum atomic E-state index is 12.1. The smallest absolute Gasteiger partial charge is 0.240 e. The lowest BCUT2D eigenvalue weighted by Gasteiger charge is -2.18. The third-order valence-electron chi connectivity index (χ3n) is 3.24. The largest absolute Gasteiger partial charge is 0.301 e. The van der Waals surface area contributed by atoms with E-state index in [0.717, 1.165) is 11.0 Å². The van der Waals surface area contributed by atoms with Gasteiger partial charge in [0.25, 0.3) is 0 Å². The fourth-order valence-corrected chi connectivity index (χ4v) is 3.50. The van der Waals surface area contributed by atoms with Gasteiger partial charge >= 0.3 is 0 Å². The van der Waals surface area contributed by atoms with Crippen molar-refractivity contribution in [3.05, 3.63) is 64.6 Å². The Kier molecular flexibility index (Phi) is 6.14. The Balaban J connectivity index is 1.85. The summed E-state index contributed by atoms with van der Waals surface area (Å²) in [6.07, 6.45) is 0. The molecule has 0 aliphatic rings. The number of hydrogen-bond donors (Lipinski definition) is 1. The fraction of sp³-hybridized carbons (Fsp3) is 0.250. The minimum atomic E-state index is -3.42. The normalized spacial score (nSPS) is 11.8. The summed E-state index contributed by atoms with van der Waals surface area (Å²) in [5, 5.41) is 0. The number of nitrogens with zero attached hydrogens (tertiary/aromatic N) is 1. The van der Waals surface area contributed by atoms with E-state index in [4.69, 9.17) is 0 Å². The molecule has 0 radical (unpaired) electrons. The lowest BCUT2D eigenvalue weighted by Crippen LogP contribution is -2.32. The van der Waals surface area contributed by atoms with Gasteiger partial charge in [-0.1, -0.05) is 52.3 Å². The molecule has 0 aliphatic heterocycles. The summed E-state index contributed by atoms with van der Waals surface area (Å²) in [5.74, 6) is 0. The standard InChI is InChI=1S/C16H19BrN2O2S/c1-19(13-14-7-5-6-10-16(14)17)12-11-18-22(20,21)15-8-3-2-4-9-15/h2-10,18H,11-13H2,1H3. The molecule has 22 heavy (non-hydrogen) atoms. The maximum absolute atomic E-state index is 12.1. The van der Waals surface area contributed by atoms with Crippen molar-refractivity contribution < 1.29 is 8.42 Å². The quantitative estimate of drug-likeness (QED) is 0.800. The van der Waals surface area contributed by atoms with Crippen LogP contribution in [0.15, 0.2) is 64.0 Å². The van der Waals surface area contributed by atoms with Crippen molar-refractivity contribution in [2.75, 3.05) is 20.1 Å². The number of likely N-dealkylation sites (N-methyl/N-ethyl adjacent to an activating group) is 1. The van der Waals surface area contributed by atoms with E-state index in [2.05, 4.69) is 31.6 Å². The van der Waals surface area contributed by atoms with Gasteiger partial charge in [0, 0.05) is 24.1 Å². The number of rotatable bonds is 7. The molecule has 0 atom stereocenters. The Labute approximate surface area is 140 Å². The summed E-state index contributed by atoms with van der Waals surface area (Å²) in [6.45, 7) is 1.76. The summed E-state index contributed by atoms with van der Waals surface area (Å²) in [5.41, 5.74) is 1.18. The van der Waals surface area contributed by atoms with E-state index in [0.29, 0.717) is 18.0 Å². The second-order valence-corrected chi connectivity index (χ2v) is 7.66. The molecule has 0 aromatic heterocycles. The van der Waals surface area contributed by atoms with Gasteiger partial charge in [-0.15, -0.1) is 0 Å². The molecule has 0 fully saturated rings. The van der Waals surface area contributed by atoms with Crippen LogP contribution in [0, 0.1) is 0 Å². The highest BCUT2D eigenvalue weighted by molar-refractivity contribution is 9.10. The van der Waals surface area contributed by atoms with E-state index < -0.39 is 10.0 Å². The predicted molar refractivity (Wildman–Crippen MR) is 92.1 cm³/mol. The second-order valence-electron chi connectivity index (χ2n) is 5.04. The maximum Gasteiger partial charge on any atom is 0.240 e. The van der Waals surface area contributed by atoms with E-state index >= 15 is 0 Å². The molecule has 0 saturated heterocycles. The predicted octanol–water partition coefficient (Wildman–Crippen LogP) is 2.86. The summed E-state index contributed by atoms with van der Waals surface area (Å²) in [7, 11) is -1.45. The number of benzene rings is 2. The van der Waals surface area contributed by atoms with Crippen LogP contribution in [0.2, 0.25) is 0 Å². The molecule has 0 unspecified atom stereocenters. The van der Waals surface area contributed by atoms with Gasteiger partial charge in [-0.05, 0) is 30.8 Å². The molecule has 118 valence electrons. The summed E-state index contributed by atoms with van der Waals surface area (Å²) in [6, 6.07) is 16.4. The molecule has 2 aromatic carbocycles. The molecule has 4 nitrogen and oxygen atoms in total. The van der Waals surface area contributed by atoms with Crippen LogP contribution < -0.4 is 4.72 Å². The zero-order chi connectivity index (χ0) is 16.0. The van der Waals surface area contributed by atoms with Crippen molar-refractivity contribution in [2.24, 2.45) is 0 Å². The third kappa shape index (κ3) is 4.91. The first-order valence-corrected chi connectivity index (χ1v) is 9.23. The zero-order valence-corrected chi connectivity index (χ0v) is 14.8. The molecule has 0 spiro atoms.